The molecule has 0 unspecified atom stereocenters. The molecule has 0 spiro atoms. The topological polar surface area (TPSA) is 64.9 Å². The molecule has 0 amide bonds. The normalized spacial score (nSPS) is 13.6. The molecule has 2 rings (SSSR count). The van der Waals surface area contributed by atoms with Crippen molar-refractivity contribution in [2.45, 2.75) is 33.7 Å². The van der Waals surface area contributed by atoms with Gasteiger partial charge in [-0.1, -0.05) is 38.1 Å². The predicted octanol–water partition coefficient (Wildman–Crippen LogP) is 3.23. The Balaban J connectivity index is 2.33. The highest BCUT2D eigenvalue weighted by molar-refractivity contribution is 5.55. The van der Waals surface area contributed by atoms with Gasteiger partial charge in [-0.3, -0.25) is 0 Å². The predicted molar refractivity (Wildman–Crippen MR) is 70.8 cm³/mol. The van der Waals surface area contributed by atoms with Crippen LogP contribution >= 0.6 is 0 Å². The molecule has 1 aromatic carbocycles. The summed E-state index contributed by atoms with van der Waals surface area (Å²) < 4.78 is 18.7. The Morgan fingerprint density at radius 3 is 2.58 bits per heavy atom. The van der Waals surface area contributed by atoms with Crippen molar-refractivity contribution in [3.05, 3.63) is 35.5 Å². The first-order valence-corrected chi connectivity index (χ1v) is 6.15. The quantitative estimate of drug-likeness (QED) is 0.903. The molecule has 0 aliphatic rings. The molecule has 0 aliphatic heterocycles. The van der Waals surface area contributed by atoms with Crippen molar-refractivity contribution in [1.29, 1.82) is 0 Å². The zero-order chi connectivity index (χ0) is 14.2. The van der Waals surface area contributed by atoms with Crippen LogP contribution in [0.2, 0.25) is 0 Å². The first-order chi connectivity index (χ1) is 8.79. The van der Waals surface area contributed by atoms with Gasteiger partial charge in [0, 0.05) is 5.56 Å². The summed E-state index contributed by atoms with van der Waals surface area (Å²) in [4.78, 5) is 4.25. The minimum Gasteiger partial charge on any atom is -0.337 e. The molecular weight excluding hydrogens is 245 g/mol. The lowest BCUT2D eigenvalue weighted by Gasteiger charge is -2.23. The maximum Gasteiger partial charge on any atom is 0.244 e. The minimum absolute atomic E-state index is 0.178. The van der Waals surface area contributed by atoms with E-state index >= 15 is 0 Å². The van der Waals surface area contributed by atoms with Crippen LogP contribution in [0.4, 0.5) is 4.39 Å². The third kappa shape index (κ3) is 2.81. The summed E-state index contributed by atoms with van der Waals surface area (Å²) in [5.74, 6) is 0.432. The molecule has 0 saturated heterocycles. The van der Waals surface area contributed by atoms with E-state index in [1.54, 1.807) is 19.1 Å². The Kier molecular flexibility index (Phi) is 3.41. The molecule has 0 fully saturated rings. The second kappa shape index (κ2) is 4.74. The van der Waals surface area contributed by atoms with Crippen LogP contribution in [0.1, 0.15) is 38.3 Å². The number of aryl methyl sites for hydroxylation is 1. The first-order valence-electron chi connectivity index (χ1n) is 6.15. The second-order valence-electron chi connectivity index (χ2n) is 5.76. The average molecular weight is 263 g/mol. The van der Waals surface area contributed by atoms with Gasteiger partial charge >= 0.3 is 0 Å². The Bertz CT molecular complexity index is 587. The molecule has 2 aromatic rings. The van der Waals surface area contributed by atoms with E-state index in [1.165, 1.54) is 6.07 Å². The number of benzene rings is 1. The Labute approximate surface area is 111 Å². The Morgan fingerprint density at radius 2 is 2.00 bits per heavy atom. The van der Waals surface area contributed by atoms with Crippen molar-refractivity contribution in [3.63, 3.8) is 0 Å². The standard InChI is InChI=1S/C14H18FN3O/c1-8-5-6-9(7-10(8)15)12-17-13(19-18-12)11(16)14(2,3)4/h5-7,11H,16H2,1-4H3/t11-/m0/s1. The molecule has 4 nitrogen and oxygen atoms in total. The van der Waals surface area contributed by atoms with Crippen LogP contribution in [-0.2, 0) is 0 Å². The lowest BCUT2D eigenvalue weighted by atomic mass is 9.87. The van der Waals surface area contributed by atoms with Crippen molar-refractivity contribution < 1.29 is 8.91 Å². The van der Waals surface area contributed by atoms with Crippen LogP contribution in [0.25, 0.3) is 11.4 Å². The van der Waals surface area contributed by atoms with Gasteiger partial charge in [-0.2, -0.15) is 4.98 Å². The van der Waals surface area contributed by atoms with Gasteiger partial charge in [-0.25, -0.2) is 4.39 Å². The molecule has 0 bridgehead atoms. The zero-order valence-corrected chi connectivity index (χ0v) is 11.6. The monoisotopic (exact) mass is 263 g/mol. The van der Waals surface area contributed by atoms with E-state index in [0.29, 0.717) is 22.8 Å². The van der Waals surface area contributed by atoms with Crippen molar-refractivity contribution >= 4 is 0 Å². The van der Waals surface area contributed by atoms with E-state index in [-0.39, 0.29) is 17.3 Å². The van der Waals surface area contributed by atoms with Crippen molar-refractivity contribution in [3.8, 4) is 11.4 Å². The SMILES string of the molecule is Cc1ccc(-c2noc([C@H](N)C(C)(C)C)n2)cc1F. The summed E-state index contributed by atoms with van der Waals surface area (Å²) in [5.41, 5.74) is 7.03. The number of aromatic nitrogens is 2. The fourth-order valence-electron chi connectivity index (χ4n) is 1.58. The van der Waals surface area contributed by atoms with Gasteiger partial charge in [0.2, 0.25) is 11.7 Å². The van der Waals surface area contributed by atoms with Gasteiger partial charge in [0.15, 0.2) is 0 Å². The molecule has 5 heteroatoms. The van der Waals surface area contributed by atoms with E-state index < -0.39 is 0 Å². The van der Waals surface area contributed by atoms with Crippen LogP contribution in [0, 0.1) is 18.2 Å². The highest BCUT2D eigenvalue weighted by Gasteiger charge is 2.27. The molecule has 1 atom stereocenters. The van der Waals surface area contributed by atoms with Crippen molar-refractivity contribution in [1.82, 2.24) is 10.1 Å². The molecule has 102 valence electrons. The zero-order valence-electron chi connectivity index (χ0n) is 11.6. The van der Waals surface area contributed by atoms with E-state index in [4.69, 9.17) is 10.3 Å². The van der Waals surface area contributed by atoms with Gasteiger partial charge in [0.05, 0.1) is 6.04 Å². The average Bonchev–Trinajstić information content (AvgIpc) is 2.79. The van der Waals surface area contributed by atoms with Crippen LogP contribution in [0.15, 0.2) is 22.7 Å². The number of hydrogen-bond acceptors (Lipinski definition) is 4. The second-order valence-corrected chi connectivity index (χ2v) is 5.76. The summed E-state index contributed by atoms with van der Waals surface area (Å²) >= 11 is 0. The molecule has 19 heavy (non-hydrogen) atoms. The molecule has 2 N–H and O–H groups in total. The maximum absolute atomic E-state index is 13.5. The summed E-state index contributed by atoms with van der Waals surface area (Å²) in [6, 6.07) is 4.48. The molecular formula is C14H18FN3O. The van der Waals surface area contributed by atoms with Gasteiger partial charge in [0.1, 0.15) is 5.82 Å². The lowest BCUT2D eigenvalue weighted by molar-refractivity contribution is 0.253. The fraction of sp³-hybridized carbons (Fsp3) is 0.429. The fourth-order valence-corrected chi connectivity index (χ4v) is 1.58. The molecule has 1 aromatic heterocycles. The first kappa shape index (κ1) is 13.7. The van der Waals surface area contributed by atoms with E-state index in [1.807, 2.05) is 20.8 Å². The summed E-state index contributed by atoms with van der Waals surface area (Å²) in [6.45, 7) is 7.68. The lowest BCUT2D eigenvalue weighted by Crippen LogP contribution is -2.26. The molecule has 0 saturated carbocycles. The maximum atomic E-state index is 13.5. The van der Waals surface area contributed by atoms with Crippen molar-refractivity contribution in [2.24, 2.45) is 11.1 Å². The van der Waals surface area contributed by atoms with Crippen molar-refractivity contribution in [2.75, 3.05) is 0 Å². The van der Waals surface area contributed by atoms with Gasteiger partial charge in [0.25, 0.3) is 0 Å². The Hall–Kier alpha value is -1.75. The van der Waals surface area contributed by atoms with E-state index in [0.717, 1.165) is 0 Å². The smallest absolute Gasteiger partial charge is 0.244 e. The summed E-state index contributed by atoms with van der Waals surface area (Å²) in [6.07, 6.45) is 0. The minimum atomic E-state index is -0.357. The van der Waals surface area contributed by atoms with Gasteiger partial charge in [-0.05, 0) is 24.0 Å². The van der Waals surface area contributed by atoms with E-state index in [9.17, 15) is 4.39 Å². The summed E-state index contributed by atoms with van der Waals surface area (Å²) in [7, 11) is 0. The Morgan fingerprint density at radius 1 is 1.32 bits per heavy atom. The number of rotatable bonds is 2. The number of halogens is 1. The highest BCUT2D eigenvalue weighted by Crippen LogP contribution is 2.30. The molecule has 0 radical (unpaired) electrons. The number of nitrogens with two attached hydrogens (primary N) is 1. The highest BCUT2D eigenvalue weighted by atomic mass is 19.1. The molecule has 1 heterocycles. The van der Waals surface area contributed by atoms with Crippen LogP contribution in [0.5, 0.6) is 0 Å². The number of hydrogen-bond donors (Lipinski definition) is 1. The summed E-state index contributed by atoms with van der Waals surface area (Å²) in [5, 5.41) is 3.86. The third-order valence-corrected chi connectivity index (χ3v) is 3.07. The van der Waals surface area contributed by atoms with Crippen LogP contribution in [-0.4, -0.2) is 10.1 Å². The van der Waals surface area contributed by atoms with Gasteiger partial charge in [-0.15, -0.1) is 0 Å². The number of nitrogens with zero attached hydrogens (tertiary/aromatic N) is 2. The van der Waals surface area contributed by atoms with Crippen LogP contribution < -0.4 is 5.73 Å². The molecule has 0 aliphatic carbocycles. The van der Waals surface area contributed by atoms with Gasteiger partial charge < -0.3 is 10.3 Å². The third-order valence-electron chi connectivity index (χ3n) is 3.07. The van der Waals surface area contributed by atoms with Crippen LogP contribution in [0.3, 0.4) is 0 Å². The van der Waals surface area contributed by atoms with E-state index in [2.05, 4.69) is 10.1 Å². The largest absolute Gasteiger partial charge is 0.337 e.